The predicted molar refractivity (Wildman–Crippen MR) is 134 cm³/mol. The molecule has 186 valence electrons. The Bertz CT molecular complexity index is 1620. The third kappa shape index (κ3) is 4.65. The summed E-state index contributed by atoms with van der Waals surface area (Å²) in [6, 6.07) is 23.1. The van der Waals surface area contributed by atoms with E-state index in [1.54, 1.807) is 18.2 Å². The third-order valence-corrected chi connectivity index (χ3v) is 6.19. The fourth-order valence-electron chi connectivity index (χ4n) is 4.56. The topological polar surface area (TPSA) is 68.5 Å². The van der Waals surface area contributed by atoms with Gasteiger partial charge in [0.05, 0.1) is 22.0 Å². The van der Waals surface area contributed by atoms with Crippen molar-refractivity contribution in [1.82, 2.24) is 4.57 Å². The second kappa shape index (κ2) is 9.46. The van der Waals surface area contributed by atoms with E-state index in [1.807, 2.05) is 47.0 Å². The van der Waals surface area contributed by atoms with Gasteiger partial charge in [0, 0.05) is 17.5 Å². The van der Waals surface area contributed by atoms with Crippen molar-refractivity contribution < 1.29 is 32.6 Å². The molecule has 0 fully saturated rings. The molecule has 0 saturated heterocycles. The Hall–Kier alpha value is -4.59. The van der Waals surface area contributed by atoms with Crippen LogP contribution in [0.3, 0.4) is 0 Å². The van der Waals surface area contributed by atoms with Crippen molar-refractivity contribution in [3.63, 3.8) is 0 Å². The Morgan fingerprint density at radius 1 is 0.865 bits per heavy atom. The quantitative estimate of drug-likeness (QED) is 0.248. The number of hydrogen-bond donors (Lipinski definition) is 1. The van der Waals surface area contributed by atoms with Crippen molar-refractivity contribution in [1.29, 1.82) is 0 Å². The normalized spacial score (nSPS) is 11.6. The van der Waals surface area contributed by atoms with Gasteiger partial charge in [-0.2, -0.15) is 13.2 Å². The second-order valence-corrected chi connectivity index (χ2v) is 8.56. The van der Waals surface area contributed by atoms with Crippen LogP contribution in [-0.2, 0) is 17.5 Å². The molecule has 1 N–H and O–H groups in total. The molecule has 0 bridgehead atoms. The number of ether oxygens (including phenoxy) is 1. The maximum atomic E-state index is 13.1. The number of aliphatic carboxylic acids is 1. The molecule has 0 aliphatic rings. The van der Waals surface area contributed by atoms with E-state index in [1.165, 1.54) is 12.1 Å². The molecule has 0 aliphatic carbocycles. The molecule has 8 heteroatoms. The summed E-state index contributed by atoms with van der Waals surface area (Å²) in [6.45, 7) is -0.182. The van der Waals surface area contributed by atoms with Crippen LogP contribution in [0.1, 0.15) is 21.5 Å². The van der Waals surface area contributed by atoms with Crippen LogP contribution in [0.15, 0.2) is 84.9 Å². The Morgan fingerprint density at radius 2 is 1.59 bits per heavy atom. The molecule has 4 aromatic carbocycles. The van der Waals surface area contributed by atoms with Crippen LogP contribution in [0.2, 0.25) is 0 Å². The van der Waals surface area contributed by atoms with E-state index in [0.29, 0.717) is 39.5 Å². The molecule has 0 aliphatic heterocycles. The fraction of sp³-hybridized carbons (Fsp3) is 0.103. The zero-order valence-corrected chi connectivity index (χ0v) is 19.3. The van der Waals surface area contributed by atoms with Gasteiger partial charge >= 0.3 is 12.1 Å². The van der Waals surface area contributed by atoms with Crippen LogP contribution >= 0.6 is 0 Å². The average molecular weight is 503 g/mol. The number of aromatic nitrogens is 1. The largest absolute Gasteiger partial charge is 0.481 e. The first-order valence-electron chi connectivity index (χ1n) is 11.4. The summed E-state index contributed by atoms with van der Waals surface area (Å²) in [6.07, 6.45) is -3.73. The molecule has 1 heterocycles. The molecule has 0 spiro atoms. The van der Waals surface area contributed by atoms with Crippen molar-refractivity contribution in [2.75, 3.05) is 6.61 Å². The van der Waals surface area contributed by atoms with E-state index >= 15 is 0 Å². The van der Waals surface area contributed by atoms with Crippen LogP contribution in [0.5, 0.6) is 5.75 Å². The van der Waals surface area contributed by atoms with Crippen molar-refractivity contribution in [2.45, 2.75) is 12.7 Å². The highest BCUT2D eigenvalue weighted by atomic mass is 19.4. The van der Waals surface area contributed by atoms with Gasteiger partial charge in [0.1, 0.15) is 5.75 Å². The number of carboxylic acid groups (broad SMARTS) is 1. The molecule has 37 heavy (non-hydrogen) atoms. The van der Waals surface area contributed by atoms with Gasteiger partial charge < -0.3 is 14.4 Å². The number of rotatable bonds is 7. The number of benzene rings is 4. The molecular weight excluding hydrogens is 483 g/mol. The van der Waals surface area contributed by atoms with E-state index in [9.17, 15) is 27.9 Å². The number of carbonyl (C=O) groups is 2. The number of carboxylic acids is 1. The van der Waals surface area contributed by atoms with Gasteiger partial charge in [0.15, 0.2) is 12.9 Å². The maximum absolute atomic E-state index is 13.1. The highest BCUT2D eigenvalue weighted by Crippen LogP contribution is 2.41. The first kappa shape index (κ1) is 24.1. The summed E-state index contributed by atoms with van der Waals surface area (Å²) < 4.78 is 47.0. The third-order valence-electron chi connectivity index (χ3n) is 6.19. The van der Waals surface area contributed by atoms with E-state index in [2.05, 4.69) is 0 Å². The molecule has 0 radical (unpaired) electrons. The van der Waals surface area contributed by atoms with E-state index in [4.69, 9.17) is 4.74 Å². The standard InChI is InChI=1S/C29H20F3NO4/c30-29(31,32)22-11-9-19(10-12-22)21-13-24-28(25(14-21)37-17-26(35)36)27-20(16-34)7-4-8-23(27)33(24)15-18-5-2-1-3-6-18/h1-14,16H,15,17H2,(H,35,36). The SMILES string of the molecule is O=Cc1cccc2c1c1c(OCC(=O)O)cc(-c3ccc(C(F)(F)F)cc3)cc1n2Cc1ccccc1. The van der Waals surface area contributed by atoms with Crippen LogP contribution in [-0.4, -0.2) is 28.5 Å². The van der Waals surface area contributed by atoms with Gasteiger partial charge in [0.2, 0.25) is 0 Å². The van der Waals surface area contributed by atoms with Crippen molar-refractivity contribution in [3.8, 4) is 16.9 Å². The van der Waals surface area contributed by atoms with Crippen LogP contribution in [0.25, 0.3) is 32.9 Å². The number of fused-ring (bicyclic) bond motifs is 3. The summed E-state index contributed by atoms with van der Waals surface area (Å²) in [7, 11) is 0. The number of aldehydes is 1. The lowest BCUT2D eigenvalue weighted by molar-refractivity contribution is -0.139. The summed E-state index contributed by atoms with van der Waals surface area (Å²) in [5.74, 6) is -0.961. The molecule has 5 nitrogen and oxygen atoms in total. The van der Waals surface area contributed by atoms with Gasteiger partial charge in [-0.15, -0.1) is 0 Å². The minimum absolute atomic E-state index is 0.223. The number of nitrogens with zero attached hydrogens (tertiary/aromatic N) is 1. The molecule has 0 amide bonds. The summed E-state index contributed by atoms with van der Waals surface area (Å²) in [5.41, 5.74) is 3.09. The average Bonchev–Trinajstić information content (AvgIpc) is 3.21. The Morgan fingerprint density at radius 3 is 2.24 bits per heavy atom. The minimum Gasteiger partial charge on any atom is -0.481 e. The van der Waals surface area contributed by atoms with Crippen molar-refractivity contribution >= 4 is 34.1 Å². The van der Waals surface area contributed by atoms with Crippen molar-refractivity contribution in [2.24, 2.45) is 0 Å². The lowest BCUT2D eigenvalue weighted by atomic mass is 10.00. The molecule has 5 aromatic rings. The Kier molecular flexibility index (Phi) is 6.17. The summed E-state index contributed by atoms with van der Waals surface area (Å²) >= 11 is 0. The Balaban J connectivity index is 1.80. The lowest BCUT2D eigenvalue weighted by Gasteiger charge is -2.13. The van der Waals surface area contributed by atoms with Crippen LogP contribution in [0.4, 0.5) is 13.2 Å². The second-order valence-electron chi connectivity index (χ2n) is 8.56. The molecule has 0 atom stereocenters. The number of halogens is 3. The Labute approximate surface area is 209 Å². The van der Waals surface area contributed by atoms with Gasteiger partial charge in [-0.05, 0) is 47.0 Å². The van der Waals surface area contributed by atoms with Gasteiger partial charge in [0.25, 0.3) is 0 Å². The number of hydrogen-bond acceptors (Lipinski definition) is 3. The van der Waals surface area contributed by atoms with Gasteiger partial charge in [-0.3, -0.25) is 4.79 Å². The molecule has 5 rings (SSSR count). The lowest BCUT2D eigenvalue weighted by Crippen LogP contribution is -2.09. The fourth-order valence-corrected chi connectivity index (χ4v) is 4.56. The van der Waals surface area contributed by atoms with Gasteiger partial charge in [-0.25, -0.2) is 4.79 Å². The molecular formula is C29H20F3NO4. The molecule has 0 saturated carbocycles. The zero-order valence-electron chi connectivity index (χ0n) is 19.3. The zero-order chi connectivity index (χ0) is 26.2. The highest BCUT2D eigenvalue weighted by Gasteiger charge is 2.30. The number of carbonyl (C=O) groups excluding carboxylic acids is 1. The monoisotopic (exact) mass is 503 g/mol. The number of alkyl halides is 3. The first-order valence-corrected chi connectivity index (χ1v) is 11.4. The highest BCUT2D eigenvalue weighted by molar-refractivity contribution is 6.17. The first-order chi connectivity index (χ1) is 17.8. The molecule has 1 aromatic heterocycles. The summed E-state index contributed by atoms with van der Waals surface area (Å²) in [4.78, 5) is 23.3. The minimum atomic E-state index is -4.47. The van der Waals surface area contributed by atoms with Crippen LogP contribution in [0, 0.1) is 0 Å². The van der Waals surface area contributed by atoms with E-state index in [0.717, 1.165) is 29.5 Å². The van der Waals surface area contributed by atoms with E-state index in [-0.39, 0.29) is 5.75 Å². The smallest absolute Gasteiger partial charge is 0.416 e. The maximum Gasteiger partial charge on any atom is 0.416 e. The molecule has 0 unspecified atom stereocenters. The van der Waals surface area contributed by atoms with E-state index < -0.39 is 24.3 Å². The predicted octanol–water partition coefficient (Wildman–Crippen LogP) is 6.80. The van der Waals surface area contributed by atoms with Crippen molar-refractivity contribution in [3.05, 3.63) is 102 Å². The van der Waals surface area contributed by atoms with Crippen LogP contribution < -0.4 is 4.74 Å². The van der Waals surface area contributed by atoms with Gasteiger partial charge in [-0.1, -0.05) is 54.6 Å². The summed E-state index contributed by atoms with van der Waals surface area (Å²) in [5, 5.41) is 10.4.